The van der Waals surface area contributed by atoms with Crippen molar-refractivity contribution in [2.75, 3.05) is 26.7 Å². The number of hydrogen-bond acceptors (Lipinski definition) is 3. The fourth-order valence-electron chi connectivity index (χ4n) is 3.04. The molecule has 3 rings (SSSR count). The van der Waals surface area contributed by atoms with Gasteiger partial charge in [0.2, 0.25) is 0 Å². The van der Waals surface area contributed by atoms with Crippen molar-refractivity contribution in [1.82, 2.24) is 10.2 Å². The fourth-order valence-corrected chi connectivity index (χ4v) is 3.45. The first kappa shape index (κ1) is 13.6. The number of rotatable bonds is 4. The van der Waals surface area contributed by atoms with Crippen molar-refractivity contribution in [2.24, 2.45) is 0 Å². The molecule has 2 aliphatic rings. The molecule has 1 aliphatic heterocycles. The van der Waals surface area contributed by atoms with Gasteiger partial charge in [-0.3, -0.25) is 4.90 Å². The maximum atomic E-state index is 6.01. The summed E-state index contributed by atoms with van der Waals surface area (Å²) in [5.74, 6) is 0. The topological polar surface area (TPSA) is 24.5 Å². The highest BCUT2D eigenvalue weighted by Crippen LogP contribution is 2.39. The lowest BCUT2D eigenvalue weighted by atomic mass is 9.97. The summed E-state index contributed by atoms with van der Waals surface area (Å²) in [5.41, 5.74) is 1.36. The van der Waals surface area contributed by atoms with Gasteiger partial charge in [0.25, 0.3) is 0 Å². The monoisotopic (exact) mass is 324 g/mol. The van der Waals surface area contributed by atoms with Crippen molar-refractivity contribution in [3.63, 3.8) is 0 Å². The van der Waals surface area contributed by atoms with Crippen LogP contribution in [0.5, 0.6) is 0 Å². The van der Waals surface area contributed by atoms with Crippen LogP contribution in [0.4, 0.5) is 0 Å². The van der Waals surface area contributed by atoms with E-state index in [1.165, 1.54) is 18.4 Å². The second-order valence-electron chi connectivity index (χ2n) is 5.44. The minimum absolute atomic E-state index is 0.244. The molecule has 2 fully saturated rings. The van der Waals surface area contributed by atoms with Crippen molar-refractivity contribution in [2.45, 2.75) is 31.0 Å². The van der Waals surface area contributed by atoms with Gasteiger partial charge in [-0.1, -0.05) is 28.1 Å². The van der Waals surface area contributed by atoms with Gasteiger partial charge in [0.1, 0.15) is 0 Å². The van der Waals surface area contributed by atoms with Crippen LogP contribution < -0.4 is 5.32 Å². The molecule has 3 nitrogen and oxygen atoms in total. The van der Waals surface area contributed by atoms with E-state index in [9.17, 15) is 0 Å². The van der Waals surface area contributed by atoms with Crippen molar-refractivity contribution >= 4 is 15.9 Å². The van der Waals surface area contributed by atoms with Crippen LogP contribution in [-0.2, 0) is 4.74 Å². The first-order valence-electron chi connectivity index (χ1n) is 7.07. The van der Waals surface area contributed by atoms with Crippen molar-refractivity contribution in [3.05, 3.63) is 34.3 Å². The Kier molecular flexibility index (Phi) is 4.22. The van der Waals surface area contributed by atoms with Gasteiger partial charge in [0.05, 0.1) is 18.8 Å². The molecule has 2 unspecified atom stereocenters. The number of nitrogens with zero attached hydrogens (tertiary/aromatic N) is 1. The fraction of sp³-hybridized carbons (Fsp3) is 0.600. The Balaban J connectivity index is 1.89. The normalized spacial score (nSPS) is 28.5. The molecule has 1 aliphatic carbocycles. The summed E-state index contributed by atoms with van der Waals surface area (Å²) < 4.78 is 7.16. The molecule has 104 valence electrons. The second kappa shape index (κ2) is 5.92. The van der Waals surface area contributed by atoms with Crippen LogP contribution in [0.2, 0.25) is 0 Å². The van der Waals surface area contributed by atoms with E-state index >= 15 is 0 Å². The van der Waals surface area contributed by atoms with Crippen molar-refractivity contribution < 1.29 is 4.74 Å². The highest BCUT2D eigenvalue weighted by atomic mass is 79.9. The minimum atomic E-state index is 0.244. The van der Waals surface area contributed by atoms with E-state index in [0.717, 1.165) is 30.2 Å². The summed E-state index contributed by atoms with van der Waals surface area (Å²) in [5, 5.41) is 3.27. The van der Waals surface area contributed by atoms with Crippen LogP contribution in [0.1, 0.15) is 24.4 Å². The van der Waals surface area contributed by atoms with E-state index in [-0.39, 0.29) is 6.10 Å². The molecule has 0 bridgehead atoms. The largest absolute Gasteiger partial charge is 0.374 e. The summed E-state index contributed by atoms with van der Waals surface area (Å²) in [6.07, 6.45) is 2.93. The summed E-state index contributed by atoms with van der Waals surface area (Å²) in [6.45, 7) is 2.82. The third kappa shape index (κ3) is 3.02. The Morgan fingerprint density at radius 1 is 1.42 bits per heavy atom. The Morgan fingerprint density at radius 2 is 2.26 bits per heavy atom. The number of morpholine rings is 1. The average Bonchev–Trinajstić information content (AvgIpc) is 3.23. The summed E-state index contributed by atoms with van der Waals surface area (Å²) in [4.78, 5) is 2.65. The number of ether oxygens (including phenoxy) is 1. The van der Waals surface area contributed by atoms with E-state index in [1.54, 1.807) is 0 Å². The van der Waals surface area contributed by atoms with Gasteiger partial charge in [-0.2, -0.15) is 0 Å². The Bertz CT molecular complexity index is 434. The summed E-state index contributed by atoms with van der Waals surface area (Å²) in [7, 11) is 2.00. The van der Waals surface area contributed by atoms with Crippen LogP contribution in [0, 0.1) is 0 Å². The molecular weight excluding hydrogens is 304 g/mol. The first-order valence-corrected chi connectivity index (χ1v) is 7.86. The van der Waals surface area contributed by atoms with E-state index in [4.69, 9.17) is 4.74 Å². The third-order valence-electron chi connectivity index (χ3n) is 4.00. The number of halogens is 1. The number of benzene rings is 1. The van der Waals surface area contributed by atoms with E-state index in [0.29, 0.717) is 6.04 Å². The lowest BCUT2D eigenvalue weighted by molar-refractivity contribution is -0.0740. The van der Waals surface area contributed by atoms with Gasteiger partial charge >= 0.3 is 0 Å². The number of hydrogen-bond donors (Lipinski definition) is 1. The predicted molar refractivity (Wildman–Crippen MR) is 80.3 cm³/mol. The Hall–Kier alpha value is -0.420. The Labute approximate surface area is 123 Å². The molecule has 0 amide bonds. The van der Waals surface area contributed by atoms with E-state index in [2.05, 4.69) is 50.4 Å². The van der Waals surface area contributed by atoms with Gasteiger partial charge in [-0.15, -0.1) is 0 Å². The van der Waals surface area contributed by atoms with Gasteiger partial charge in [0.15, 0.2) is 0 Å². The smallest absolute Gasteiger partial charge is 0.0896 e. The zero-order valence-electron chi connectivity index (χ0n) is 11.3. The van der Waals surface area contributed by atoms with Crippen LogP contribution in [-0.4, -0.2) is 43.8 Å². The van der Waals surface area contributed by atoms with E-state index < -0.39 is 0 Å². The number of likely N-dealkylation sites (N-methyl/N-ethyl adjacent to an activating group) is 1. The highest BCUT2D eigenvalue weighted by Gasteiger charge is 2.40. The van der Waals surface area contributed by atoms with Crippen LogP contribution in [0.15, 0.2) is 28.7 Å². The zero-order chi connectivity index (χ0) is 13.2. The molecule has 1 saturated heterocycles. The quantitative estimate of drug-likeness (QED) is 0.921. The van der Waals surface area contributed by atoms with E-state index in [1.807, 2.05) is 7.05 Å². The lowest BCUT2D eigenvalue weighted by Gasteiger charge is -2.42. The first-order chi connectivity index (χ1) is 9.29. The molecule has 1 saturated carbocycles. The molecular formula is C15H21BrN2O. The van der Waals surface area contributed by atoms with Gasteiger partial charge in [0, 0.05) is 23.6 Å². The molecule has 19 heavy (non-hydrogen) atoms. The van der Waals surface area contributed by atoms with Gasteiger partial charge < -0.3 is 10.1 Å². The van der Waals surface area contributed by atoms with Crippen LogP contribution >= 0.6 is 15.9 Å². The third-order valence-corrected chi connectivity index (χ3v) is 4.50. The molecule has 4 heteroatoms. The lowest BCUT2D eigenvalue weighted by Crippen LogP contribution is -2.49. The molecule has 1 N–H and O–H groups in total. The Morgan fingerprint density at radius 3 is 2.95 bits per heavy atom. The molecule has 1 aromatic carbocycles. The summed E-state index contributed by atoms with van der Waals surface area (Å²) in [6, 6.07) is 9.81. The second-order valence-corrected chi connectivity index (χ2v) is 6.35. The molecule has 1 heterocycles. The zero-order valence-corrected chi connectivity index (χ0v) is 12.9. The SMILES string of the molecule is CNCC1OCCN(C2CC2)C1c1cccc(Br)c1. The molecule has 2 atom stereocenters. The maximum Gasteiger partial charge on any atom is 0.0896 e. The minimum Gasteiger partial charge on any atom is -0.374 e. The molecule has 0 radical (unpaired) electrons. The molecule has 1 aromatic rings. The summed E-state index contributed by atoms with van der Waals surface area (Å²) >= 11 is 3.59. The maximum absolute atomic E-state index is 6.01. The average molecular weight is 325 g/mol. The predicted octanol–water partition coefficient (Wildman–Crippen LogP) is 2.57. The van der Waals surface area contributed by atoms with Crippen molar-refractivity contribution in [3.8, 4) is 0 Å². The van der Waals surface area contributed by atoms with Crippen LogP contribution in [0.3, 0.4) is 0 Å². The van der Waals surface area contributed by atoms with Gasteiger partial charge in [-0.25, -0.2) is 0 Å². The standard InChI is InChI=1S/C15H21BrN2O/c1-17-10-14-15(11-3-2-4-12(16)9-11)18(7-8-19-14)13-5-6-13/h2-4,9,13-15,17H,5-8,10H2,1H3. The number of nitrogens with one attached hydrogen (secondary N) is 1. The van der Waals surface area contributed by atoms with Gasteiger partial charge in [-0.05, 0) is 37.6 Å². The van der Waals surface area contributed by atoms with Crippen molar-refractivity contribution in [1.29, 1.82) is 0 Å². The van der Waals surface area contributed by atoms with Crippen LogP contribution in [0.25, 0.3) is 0 Å². The molecule has 0 spiro atoms. The molecule has 0 aromatic heterocycles. The highest BCUT2D eigenvalue weighted by molar-refractivity contribution is 9.10.